The molecule has 2 aromatic carbocycles. The first kappa shape index (κ1) is 17.7. The number of hydrogen-bond acceptors (Lipinski definition) is 3. The first-order chi connectivity index (χ1) is 11.5. The predicted molar refractivity (Wildman–Crippen MR) is 86.0 cm³/mol. The number of carbonyl (C=O) groups is 1. The Bertz CT molecular complexity index is 693. The van der Waals surface area contributed by atoms with Crippen LogP contribution in [0.3, 0.4) is 0 Å². The zero-order valence-electron chi connectivity index (χ0n) is 13.1. The molecule has 2 rings (SSSR count). The van der Waals surface area contributed by atoms with Crippen LogP contribution in [0.2, 0.25) is 0 Å². The van der Waals surface area contributed by atoms with E-state index in [2.05, 4.69) is 10.6 Å². The first-order valence-corrected chi connectivity index (χ1v) is 7.40. The van der Waals surface area contributed by atoms with Crippen LogP contribution >= 0.6 is 0 Å². The fourth-order valence-electron chi connectivity index (χ4n) is 2.05. The number of benzene rings is 2. The second-order valence-electron chi connectivity index (χ2n) is 4.97. The van der Waals surface area contributed by atoms with Crippen molar-refractivity contribution in [1.82, 2.24) is 5.32 Å². The van der Waals surface area contributed by atoms with E-state index in [0.717, 1.165) is 12.1 Å². The summed E-state index contributed by atoms with van der Waals surface area (Å²) in [7, 11) is 0. The summed E-state index contributed by atoms with van der Waals surface area (Å²) in [6.07, 6.45) is -1.28. The third kappa shape index (κ3) is 4.92. The Hall–Kier alpha value is -2.67. The molecule has 0 aliphatic heterocycles. The van der Waals surface area contributed by atoms with E-state index in [9.17, 15) is 18.7 Å². The highest BCUT2D eigenvalue weighted by atomic mass is 19.1. The number of nitrogens with one attached hydrogen (secondary N) is 2. The van der Waals surface area contributed by atoms with E-state index in [1.807, 2.05) is 6.92 Å². The molecule has 0 bridgehead atoms. The maximum Gasteiger partial charge on any atom is 0.319 e. The van der Waals surface area contributed by atoms with Crippen molar-refractivity contribution in [2.45, 2.75) is 13.0 Å². The molecule has 0 heterocycles. The predicted octanol–water partition coefficient (Wildman–Crippen LogP) is 3.22. The van der Waals surface area contributed by atoms with E-state index in [4.69, 9.17) is 4.74 Å². The number of aliphatic hydroxyl groups is 1. The van der Waals surface area contributed by atoms with Crippen LogP contribution in [0, 0.1) is 11.6 Å². The number of amides is 2. The fourth-order valence-corrected chi connectivity index (χ4v) is 2.05. The number of hydrogen-bond donors (Lipinski definition) is 3. The molecule has 0 spiro atoms. The van der Waals surface area contributed by atoms with Crippen molar-refractivity contribution in [1.29, 1.82) is 0 Å². The highest BCUT2D eigenvalue weighted by Gasteiger charge is 2.14. The van der Waals surface area contributed by atoms with Gasteiger partial charge in [0.25, 0.3) is 0 Å². The van der Waals surface area contributed by atoms with Gasteiger partial charge >= 0.3 is 6.03 Å². The van der Waals surface area contributed by atoms with Crippen LogP contribution in [0.1, 0.15) is 18.6 Å². The van der Waals surface area contributed by atoms with Gasteiger partial charge in [-0.1, -0.05) is 6.07 Å². The summed E-state index contributed by atoms with van der Waals surface area (Å²) in [6.45, 7) is 2.20. The summed E-state index contributed by atoms with van der Waals surface area (Å²) in [6, 6.07) is 9.06. The Morgan fingerprint density at radius 2 is 1.92 bits per heavy atom. The Labute approximate surface area is 138 Å². The molecular formula is C17H18F2N2O3. The van der Waals surface area contributed by atoms with Crippen LogP contribution in [0.4, 0.5) is 19.3 Å². The molecule has 3 N–H and O–H groups in total. The van der Waals surface area contributed by atoms with Crippen molar-refractivity contribution in [2.24, 2.45) is 0 Å². The summed E-state index contributed by atoms with van der Waals surface area (Å²) >= 11 is 0. The van der Waals surface area contributed by atoms with Gasteiger partial charge in [0.05, 0.1) is 12.7 Å². The van der Waals surface area contributed by atoms with E-state index in [0.29, 0.717) is 24.1 Å². The largest absolute Gasteiger partial charge is 0.494 e. The molecule has 0 saturated heterocycles. The average Bonchev–Trinajstić information content (AvgIpc) is 2.55. The fraction of sp³-hybridized carbons (Fsp3) is 0.235. The zero-order chi connectivity index (χ0) is 17.5. The van der Waals surface area contributed by atoms with Gasteiger partial charge in [-0.05, 0) is 37.3 Å². The molecule has 1 unspecified atom stereocenters. The Morgan fingerprint density at radius 1 is 1.21 bits per heavy atom. The SMILES string of the molecule is CCOc1ccc(NC(=O)NCC(O)c2ccc(F)cc2F)cc1. The van der Waals surface area contributed by atoms with Gasteiger partial charge in [0.15, 0.2) is 0 Å². The smallest absolute Gasteiger partial charge is 0.319 e. The van der Waals surface area contributed by atoms with E-state index >= 15 is 0 Å². The molecule has 0 aliphatic rings. The van der Waals surface area contributed by atoms with Crippen LogP contribution in [-0.2, 0) is 0 Å². The van der Waals surface area contributed by atoms with Crippen molar-refractivity contribution in [3.05, 3.63) is 59.7 Å². The molecule has 128 valence electrons. The van der Waals surface area contributed by atoms with Crippen LogP contribution in [0.5, 0.6) is 5.75 Å². The second kappa shape index (κ2) is 8.26. The lowest BCUT2D eigenvalue weighted by Gasteiger charge is -2.14. The van der Waals surface area contributed by atoms with Gasteiger partial charge in [0.1, 0.15) is 17.4 Å². The van der Waals surface area contributed by atoms with Crippen molar-refractivity contribution < 1.29 is 23.4 Å². The monoisotopic (exact) mass is 336 g/mol. The van der Waals surface area contributed by atoms with Gasteiger partial charge in [-0.15, -0.1) is 0 Å². The minimum atomic E-state index is -1.28. The van der Waals surface area contributed by atoms with Crippen LogP contribution < -0.4 is 15.4 Å². The van der Waals surface area contributed by atoms with Crippen molar-refractivity contribution in [3.8, 4) is 5.75 Å². The lowest BCUT2D eigenvalue weighted by molar-refractivity contribution is 0.170. The molecule has 2 amide bonds. The Morgan fingerprint density at radius 3 is 2.54 bits per heavy atom. The van der Waals surface area contributed by atoms with Crippen molar-refractivity contribution in [3.63, 3.8) is 0 Å². The molecule has 0 saturated carbocycles. The van der Waals surface area contributed by atoms with E-state index in [-0.39, 0.29) is 12.1 Å². The molecule has 2 aromatic rings. The van der Waals surface area contributed by atoms with Gasteiger partial charge in [-0.25, -0.2) is 13.6 Å². The van der Waals surface area contributed by atoms with Gasteiger partial charge in [-0.3, -0.25) is 0 Å². The molecular weight excluding hydrogens is 318 g/mol. The number of carbonyl (C=O) groups excluding carboxylic acids is 1. The average molecular weight is 336 g/mol. The minimum absolute atomic E-state index is 0.0854. The number of aliphatic hydroxyl groups excluding tert-OH is 1. The van der Waals surface area contributed by atoms with Gasteiger partial charge in [0.2, 0.25) is 0 Å². The lowest BCUT2D eigenvalue weighted by Crippen LogP contribution is -2.32. The minimum Gasteiger partial charge on any atom is -0.494 e. The summed E-state index contributed by atoms with van der Waals surface area (Å²) < 4.78 is 31.7. The maximum absolute atomic E-state index is 13.5. The molecule has 0 fully saturated rings. The number of ether oxygens (including phenoxy) is 1. The number of halogens is 2. The third-order valence-corrected chi connectivity index (χ3v) is 3.20. The second-order valence-corrected chi connectivity index (χ2v) is 4.97. The molecule has 7 heteroatoms. The highest BCUT2D eigenvalue weighted by molar-refractivity contribution is 5.89. The number of urea groups is 1. The molecule has 0 aromatic heterocycles. The lowest BCUT2D eigenvalue weighted by atomic mass is 10.1. The quantitative estimate of drug-likeness (QED) is 0.758. The topological polar surface area (TPSA) is 70.6 Å². The molecule has 5 nitrogen and oxygen atoms in total. The standard InChI is InChI=1S/C17H18F2N2O3/c1-2-24-13-6-4-12(5-7-13)21-17(23)20-10-16(22)14-8-3-11(18)9-15(14)19/h3-9,16,22H,2,10H2,1H3,(H2,20,21,23). The Balaban J connectivity index is 1.86. The summed E-state index contributed by atoms with van der Waals surface area (Å²) in [5, 5.41) is 14.9. The van der Waals surface area contributed by atoms with Crippen LogP contribution in [0.25, 0.3) is 0 Å². The zero-order valence-corrected chi connectivity index (χ0v) is 13.1. The molecule has 0 aliphatic carbocycles. The van der Waals surface area contributed by atoms with Crippen LogP contribution in [0.15, 0.2) is 42.5 Å². The van der Waals surface area contributed by atoms with E-state index < -0.39 is 23.8 Å². The van der Waals surface area contributed by atoms with Gasteiger partial charge < -0.3 is 20.5 Å². The maximum atomic E-state index is 13.5. The van der Waals surface area contributed by atoms with Gasteiger partial charge in [0, 0.05) is 23.9 Å². The molecule has 24 heavy (non-hydrogen) atoms. The summed E-state index contributed by atoms with van der Waals surface area (Å²) in [5.74, 6) is -0.911. The summed E-state index contributed by atoms with van der Waals surface area (Å²) in [4.78, 5) is 11.8. The van der Waals surface area contributed by atoms with E-state index in [1.165, 1.54) is 0 Å². The number of anilines is 1. The highest BCUT2D eigenvalue weighted by Crippen LogP contribution is 2.18. The van der Waals surface area contributed by atoms with Crippen molar-refractivity contribution in [2.75, 3.05) is 18.5 Å². The third-order valence-electron chi connectivity index (χ3n) is 3.20. The van der Waals surface area contributed by atoms with Crippen LogP contribution in [-0.4, -0.2) is 24.3 Å². The normalized spacial score (nSPS) is 11.7. The summed E-state index contributed by atoms with van der Waals surface area (Å²) in [5.41, 5.74) is 0.455. The first-order valence-electron chi connectivity index (χ1n) is 7.40. The van der Waals surface area contributed by atoms with E-state index in [1.54, 1.807) is 24.3 Å². The Kier molecular flexibility index (Phi) is 6.08. The molecule has 1 atom stereocenters. The van der Waals surface area contributed by atoms with Gasteiger partial charge in [-0.2, -0.15) is 0 Å². The number of rotatable bonds is 6. The van der Waals surface area contributed by atoms with Crippen molar-refractivity contribution >= 4 is 11.7 Å². The molecule has 0 radical (unpaired) electrons.